The molecule has 0 bridgehead atoms. The molecule has 2 nitrogen and oxygen atoms in total. The van der Waals surface area contributed by atoms with Crippen molar-refractivity contribution in [2.24, 2.45) is 0 Å². The Hall–Kier alpha value is -0.0600. The van der Waals surface area contributed by atoms with Gasteiger partial charge < -0.3 is 4.90 Å². The molecule has 0 radical (unpaired) electrons. The van der Waals surface area contributed by atoms with E-state index in [9.17, 15) is 4.79 Å². The summed E-state index contributed by atoms with van der Waals surface area (Å²) in [5.41, 5.74) is 0.976. The zero-order valence-corrected chi connectivity index (χ0v) is 13.5. The van der Waals surface area contributed by atoms with E-state index in [0.717, 1.165) is 23.9 Å². The van der Waals surface area contributed by atoms with Crippen LogP contribution in [0.4, 0.5) is 0 Å². The summed E-state index contributed by atoms with van der Waals surface area (Å²) in [5, 5.41) is 3.43. The minimum absolute atomic E-state index is 0.0454. The van der Waals surface area contributed by atoms with Gasteiger partial charge >= 0.3 is 0 Å². The molecule has 1 amide bonds. The number of halogens is 2. The normalized spacial score (nSPS) is 10.9. The Labute approximate surface area is 120 Å². The summed E-state index contributed by atoms with van der Waals surface area (Å²) in [4.78, 5) is 14.9. The molecule has 17 heavy (non-hydrogen) atoms. The molecule has 0 saturated heterocycles. The lowest BCUT2D eigenvalue weighted by Crippen LogP contribution is -2.37. The fourth-order valence-electron chi connectivity index (χ4n) is 1.53. The SMILES string of the molecule is Cc1csc(C(=O)N(CCCBr)C(C)C)c1Cl. The third-order valence-corrected chi connectivity index (χ3v) is 4.76. The van der Waals surface area contributed by atoms with Crippen LogP contribution in [-0.4, -0.2) is 28.7 Å². The van der Waals surface area contributed by atoms with Gasteiger partial charge in [0, 0.05) is 17.9 Å². The molecule has 0 unspecified atom stereocenters. The number of aryl methyl sites for hydroxylation is 1. The zero-order chi connectivity index (χ0) is 13.0. The summed E-state index contributed by atoms with van der Waals surface area (Å²) < 4.78 is 0. The van der Waals surface area contributed by atoms with Crippen molar-refractivity contribution in [2.45, 2.75) is 33.2 Å². The number of thiophene rings is 1. The summed E-state index contributed by atoms with van der Waals surface area (Å²) in [5.74, 6) is 0.0454. The molecule has 0 aromatic carbocycles. The van der Waals surface area contributed by atoms with E-state index in [-0.39, 0.29) is 11.9 Å². The van der Waals surface area contributed by atoms with Gasteiger partial charge in [-0.05, 0) is 38.1 Å². The van der Waals surface area contributed by atoms with Crippen molar-refractivity contribution in [1.29, 1.82) is 0 Å². The highest BCUT2D eigenvalue weighted by molar-refractivity contribution is 9.09. The average molecular weight is 339 g/mol. The zero-order valence-electron chi connectivity index (χ0n) is 10.3. The van der Waals surface area contributed by atoms with Gasteiger partial charge in [0.05, 0.1) is 5.02 Å². The van der Waals surface area contributed by atoms with E-state index >= 15 is 0 Å². The second-order valence-electron chi connectivity index (χ2n) is 4.20. The van der Waals surface area contributed by atoms with Crippen molar-refractivity contribution in [2.75, 3.05) is 11.9 Å². The van der Waals surface area contributed by atoms with E-state index in [1.165, 1.54) is 11.3 Å². The molecule has 0 N–H and O–H groups in total. The fourth-order valence-corrected chi connectivity index (χ4v) is 3.01. The lowest BCUT2D eigenvalue weighted by atomic mass is 10.2. The maximum atomic E-state index is 12.4. The maximum Gasteiger partial charge on any atom is 0.265 e. The number of alkyl halides is 1. The molecule has 0 fully saturated rings. The molecule has 1 heterocycles. The molecule has 1 aromatic heterocycles. The number of amides is 1. The average Bonchev–Trinajstić information content (AvgIpc) is 2.59. The predicted octanol–water partition coefficient (Wildman–Crippen LogP) is 4.35. The van der Waals surface area contributed by atoms with Crippen LogP contribution in [0.15, 0.2) is 5.38 Å². The summed E-state index contributed by atoms with van der Waals surface area (Å²) in [6, 6.07) is 0.194. The first-order chi connectivity index (χ1) is 7.99. The van der Waals surface area contributed by atoms with Crippen LogP contribution in [0.5, 0.6) is 0 Å². The number of nitrogens with zero attached hydrogens (tertiary/aromatic N) is 1. The topological polar surface area (TPSA) is 20.3 Å². The second-order valence-corrected chi connectivity index (χ2v) is 6.25. The van der Waals surface area contributed by atoms with Crippen molar-refractivity contribution in [1.82, 2.24) is 4.90 Å². The highest BCUT2D eigenvalue weighted by atomic mass is 79.9. The third kappa shape index (κ3) is 3.70. The van der Waals surface area contributed by atoms with Crippen LogP contribution in [0, 0.1) is 6.92 Å². The van der Waals surface area contributed by atoms with E-state index in [1.54, 1.807) is 0 Å². The largest absolute Gasteiger partial charge is 0.335 e. The van der Waals surface area contributed by atoms with E-state index in [0.29, 0.717) is 9.90 Å². The number of carbonyl (C=O) groups is 1. The predicted molar refractivity (Wildman–Crippen MR) is 78.6 cm³/mol. The smallest absolute Gasteiger partial charge is 0.265 e. The molecule has 1 aromatic rings. The molecule has 0 aliphatic carbocycles. The Morgan fingerprint density at radius 3 is 2.65 bits per heavy atom. The molecule has 5 heteroatoms. The van der Waals surface area contributed by atoms with Crippen LogP contribution in [0.1, 0.15) is 35.5 Å². The van der Waals surface area contributed by atoms with Crippen LogP contribution >= 0.6 is 38.9 Å². The Balaban J connectivity index is 2.88. The van der Waals surface area contributed by atoms with E-state index in [2.05, 4.69) is 15.9 Å². The Morgan fingerprint density at radius 2 is 2.24 bits per heavy atom. The second kappa shape index (κ2) is 6.76. The van der Waals surface area contributed by atoms with Gasteiger partial charge in [-0.2, -0.15) is 0 Å². The highest BCUT2D eigenvalue weighted by Gasteiger charge is 2.22. The van der Waals surface area contributed by atoms with Crippen molar-refractivity contribution >= 4 is 44.8 Å². The van der Waals surface area contributed by atoms with Gasteiger partial charge in [-0.1, -0.05) is 27.5 Å². The van der Waals surface area contributed by atoms with Gasteiger partial charge in [0.2, 0.25) is 0 Å². The van der Waals surface area contributed by atoms with Crippen LogP contribution < -0.4 is 0 Å². The number of hydrogen-bond acceptors (Lipinski definition) is 2. The molecule has 0 aliphatic heterocycles. The quantitative estimate of drug-likeness (QED) is 0.731. The first kappa shape index (κ1) is 15.0. The monoisotopic (exact) mass is 337 g/mol. The van der Waals surface area contributed by atoms with Crippen LogP contribution in [-0.2, 0) is 0 Å². The molecule has 0 atom stereocenters. The van der Waals surface area contributed by atoms with Gasteiger partial charge in [0.1, 0.15) is 4.88 Å². The van der Waals surface area contributed by atoms with E-state index in [4.69, 9.17) is 11.6 Å². The van der Waals surface area contributed by atoms with Crippen molar-refractivity contribution in [3.05, 3.63) is 20.8 Å². The fraction of sp³-hybridized carbons (Fsp3) is 0.583. The molecular weight excluding hydrogens is 322 g/mol. The molecule has 96 valence electrons. The first-order valence-electron chi connectivity index (χ1n) is 5.59. The van der Waals surface area contributed by atoms with Gasteiger partial charge in [0.25, 0.3) is 5.91 Å². The van der Waals surface area contributed by atoms with Crippen molar-refractivity contribution in [3.63, 3.8) is 0 Å². The highest BCUT2D eigenvalue weighted by Crippen LogP contribution is 2.28. The Bertz CT molecular complexity index is 392. The molecule has 0 spiro atoms. The lowest BCUT2D eigenvalue weighted by Gasteiger charge is -2.26. The molecule has 0 aliphatic rings. The number of hydrogen-bond donors (Lipinski definition) is 0. The van der Waals surface area contributed by atoms with Crippen molar-refractivity contribution in [3.8, 4) is 0 Å². The van der Waals surface area contributed by atoms with E-state index in [1.807, 2.05) is 31.1 Å². The maximum absolute atomic E-state index is 12.4. The van der Waals surface area contributed by atoms with Gasteiger partial charge in [0.15, 0.2) is 0 Å². The van der Waals surface area contributed by atoms with Gasteiger partial charge in [-0.3, -0.25) is 4.79 Å². The minimum Gasteiger partial charge on any atom is -0.335 e. The summed E-state index contributed by atoms with van der Waals surface area (Å²) in [6.45, 7) is 6.74. The van der Waals surface area contributed by atoms with E-state index < -0.39 is 0 Å². The first-order valence-corrected chi connectivity index (χ1v) is 7.97. The van der Waals surface area contributed by atoms with Gasteiger partial charge in [-0.25, -0.2) is 0 Å². The Morgan fingerprint density at radius 1 is 1.59 bits per heavy atom. The summed E-state index contributed by atoms with van der Waals surface area (Å²) in [7, 11) is 0. The molecular formula is C12H17BrClNOS. The standard InChI is InChI=1S/C12H17BrClNOS/c1-8(2)15(6-4-5-13)12(16)11-10(14)9(3)7-17-11/h7-8H,4-6H2,1-3H3. The minimum atomic E-state index is 0.0454. The lowest BCUT2D eigenvalue weighted by molar-refractivity contribution is 0.0712. The summed E-state index contributed by atoms with van der Waals surface area (Å²) >= 11 is 11.0. The number of rotatable bonds is 5. The van der Waals surface area contributed by atoms with Crippen LogP contribution in [0.25, 0.3) is 0 Å². The molecule has 0 saturated carbocycles. The number of carbonyl (C=O) groups excluding carboxylic acids is 1. The van der Waals surface area contributed by atoms with Crippen molar-refractivity contribution < 1.29 is 4.79 Å². The summed E-state index contributed by atoms with van der Waals surface area (Å²) in [6.07, 6.45) is 0.950. The van der Waals surface area contributed by atoms with Crippen LogP contribution in [0.3, 0.4) is 0 Å². The van der Waals surface area contributed by atoms with Crippen LogP contribution in [0.2, 0.25) is 5.02 Å². The molecule has 1 rings (SSSR count). The third-order valence-electron chi connectivity index (χ3n) is 2.51. The van der Waals surface area contributed by atoms with Gasteiger partial charge in [-0.15, -0.1) is 11.3 Å². The Kier molecular flexibility index (Phi) is 5.97.